The minimum absolute atomic E-state index is 0.0522. The van der Waals surface area contributed by atoms with E-state index in [1.54, 1.807) is 31.2 Å². The van der Waals surface area contributed by atoms with E-state index in [2.05, 4.69) is 10.4 Å². The molecule has 0 saturated carbocycles. The van der Waals surface area contributed by atoms with Gasteiger partial charge < -0.3 is 4.74 Å². The molecule has 0 radical (unpaired) electrons. The van der Waals surface area contributed by atoms with Crippen molar-refractivity contribution in [3.8, 4) is 0 Å². The molecular formula is C13H15N3O3. The zero-order valence-electron chi connectivity index (χ0n) is 10.8. The fourth-order valence-corrected chi connectivity index (χ4v) is 1.73. The van der Waals surface area contributed by atoms with Crippen molar-refractivity contribution in [3.05, 3.63) is 24.3 Å². The number of amides is 2. The van der Waals surface area contributed by atoms with Crippen LogP contribution in [0.25, 0.3) is 0 Å². The Bertz CT molecular complexity index is 522. The van der Waals surface area contributed by atoms with E-state index in [-0.39, 0.29) is 5.91 Å². The maximum absolute atomic E-state index is 11.7. The number of nitrogens with one attached hydrogen (secondary N) is 1. The monoisotopic (exact) mass is 261 g/mol. The summed E-state index contributed by atoms with van der Waals surface area (Å²) in [5.74, 6) is -0.0522. The third-order valence-corrected chi connectivity index (χ3v) is 2.55. The highest BCUT2D eigenvalue weighted by molar-refractivity contribution is 6.12. The first kappa shape index (κ1) is 13.1. The number of nitrogens with zero attached hydrogens (tertiary/aromatic N) is 2. The molecule has 0 spiro atoms. The van der Waals surface area contributed by atoms with Crippen molar-refractivity contribution < 1.29 is 14.3 Å². The lowest BCUT2D eigenvalue weighted by Gasteiger charge is -2.12. The highest BCUT2D eigenvalue weighted by atomic mass is 16.5. The first-order valence-electron chi connectivity index (χ1n) is 6.01. The number of carbonyl (C=O) groups excluding carboxylic acids is 2. The lowest BCUT2D eigenvalue weighted by Crippen LogP contribution is -2.19. The quantitative estimate of drug-likeness (QED) is 0.908. The predicted molar refractivity (Wildman–Crippen MR) is 72.3 cm³/mol. The van der Waals surface area contributed by atoms with E-state index >= 15 is 0 Å². The van der Waals surface area contributed by atoms with Crippen LogP contribution in [0.2, 0.25) is 0 Å². The molecule has 1 aromatic carbocycles. The fourth-order valence-electron chi connectivity index (χ4n) is 1.73. The Balaban J connectivity index is 2.06. The molecule has 0 atom stereocenters. The van der Waals surface area contributed by atoms with Gasteiger partial charge in [-0.3, -0.25) is 10.1 Å². The van der Waals surface area contributed by atoms with Crippen LogP contribution in [0.5, 0.6) is 0 Å². The minimum atomic E-state index is -0.499. The van der Waals surface area contributed by atoms with Crippen molar-refractivity contribution in [3.63, 3.8) is 0 Å². The normalized spacial score (nSPS) is 14.3. The van der Waals surface area contributed by atoms with Crippen molar-refractivity contribution in [1.29, 1.82) is 0 Å². The number of rotatable bonds is 3. The Labute approximate surface area is 111 Å². The largest absolute Gasteiger partial charge is 0.450 e. The lowest BCUT2D eigenvalue weighted by molar-refractivity contribution is -0.116. The number of hydrogen-bond donors (Lipinski definition) is 1. The summed E-state index contributed by atoms with van der Waals surface area (Å²) in [6.45, 7) is 3.87. The first-order valence-corrected chi connectivity index (χ1v) is 6.01. The highest BCUT2D eigenvalue weighted by Gasteiger charge is 2.22. The van der Waals surface area contributed by atoms with Gasteiger partial charge in [-0.25, -0.2) is 9.80 Å². The van der Waals surface area contributed by atoms with Crippen molar-refractivity contribution in [2.45, 2.75) is 20.3 Å². The number of carbonyl (C=O) groups is 2. The van der Waals surface area contributed by atoms with Gasteiger partial charge in [-0.1, -0.05) is 0 Å². The Morgan fingerprint density at radius 1 is 1.42 bits per heavy atom. The van der Waals surface area contributed by atoms with Gasteiger partial charge in [-0.15, -0.1) is 0 Å². The van der Waals surface area contributed by atoms with E-state index in [0.29, 0.717) is 24.4 Å². The highest BCUT2D eigenvalue weighted by Crippen LogP contribution is 2.22. The molecule has 100 valence electrons. The molecule has 0 bridgehead atoms. The molecule has 1 heterocycles. The molecule has 0 aliphatic carbocycles. The number of hydrazone groups is 1. The van der Waals surface area contributed by atoms with Gasteiger partial charge in [0.1, 0.15) is 0 Å². The summed E-state index contributed by atoms with van der Waals surface area (Å²) in [6.07, 6.45) is -0.149. The van der Waals surface area contributed by atoms with Crippen LogP contribution in [0.1, 0.15) is 20.3 Å². The lowest BCUT2D eigenvalue weighted by atomic mass is 10.2. The van der Waals surface area contributed by atoms with Crippen molar-refractivity contribution in [2.75, 3.05) is 16.9 Å². The van der Waals surface area contributed by atoms with Crippen LogP contribution in [0.4, 0.5) is 16.2 Å². The zero-order chi connectivity index (χ0) is 13.8. The van der Waals surface area contributed by atoms with Gasteiger partial charge in [0, 0.05) is 11.4 Å². The van der Waals surface area contributed by atoms with Crippen LogP contribution in [-0.4, -0.2) is 24.3 Å². The molecular weight excluding hydrogens is 246 g/mol. The Morgan fingerprint density at radius 3 is 2.63 bits per heavy atom. The molecule has 0 fully saturated rings. The summed E-state index contributed by atoms with van der Waals surface area (Å²) in [4.78, 5) is 22.9. The van der Waals surface area contributed by atoms with Crippen LogP contribution in [0.3, 0.4) is 0 Å². The van der Waals surface area contributed by atoms with Gasteiger partial charge >= 0.3 is 6.09 Å². The average molecular weight is 261 g/mol. The predicted octanol–water partition coefficient (Wildman–Crippen LogP) is 2.37. The van der Waals surface area contributed by atoms with Gasteiger partial charge in [-0.2, -0.15) is 5.10 Å². The molecule has 2 rings (SSSR count). The average Bonchev–Trinajstić information content (AvgIpc) is 2.70. The second kappa shape index (κ2) is 5.51. The maximum Gasteiger partial charge on any atom is 0.411 e. The number of hydrogen-bond acceptors (Lipinski definition) is 4. The van der Waals surface area contributed by atoms with Crippen molar-refractivity contribution in [2.24, 2.45) is 5.10 Å². The van der Waals surface area contributed by atoms with Gasteiger partial charge in [0.2, 0.25) is 0 Å². The van der Waals surface area contributed by atoms with Crippen molar-refractivity contribution in [1.82, 2.24) is 0 Å². The smallest absolute Gasteiger partial charge is 0.411 e. The summed E-state index contributed by atoms with van der Waals surface area (Å²) in [6, 6.07) is 6.84. The Morgan fingerprint density at radius 2 is 2.11 bits per heavy atom. The maximum atomic E-state index is 11.7. The van der Waals surface area contributed by atoms with Gasteiger partial charge in [0.25, 0.3) is 5.91 Å². The third-order valence-electron chi connectivity index (χ3n) is 2.55. The molecule has 2 amide bonds. The number of ether oxygens (including phenoxy) is 1. The number of anilines is 2. The minimum Gasteiger partial charge on any atom is -0.450 e. The van der Waals surface area contributed by atoms with Crippen LogP contribution >= 0.6 is 0 Å². The van der Waals surface area contributed by atoms with E-state index in [9.17, 15) is 9.59 Å². The van der Waals surface area contributed by atoms with Crippen LogP contribution < -0.4 is 10.3 Å². The summed E-state index contributed by atoms with van der Waals surface area (Å²) >= 11 is 0. The van der Waals surface area contributed by atoms with E-state index in [0.717, 1.165) is 5.71 Å². The van der Waals surface area contributed by atoms with E-state index in [4.69, 9.17) is 4.74 Å². The molecule has 0 aromatic heterocycles. The molecule has 0 saturated heterocycles. The molecule has 1 aliphatic rings. The molecule has 1 aromatic rings. The van der Waals surface area contributed by atoms with Crippen LogP contribution in [0.15, 0.2) is 29.4 Å². The van der Waals surface area contributed by atoms with Gasteiger partial charge in [-0.05, 0) is 38.1 Å². The van der Waals surface area contributed by atoms with E-state index in [1.165, 1.54) is 5.01 Å². The Kier molecular flexibility index (Phi) is 3.79. The first-order chi connectivity index (χ1) is 9.10. The van der Waals surface area contributed by atoms with Gasteiger partial charge in [0.05, 0.1) is 18.7 Å². The van der Waals surface area contributed by atoms with E-state index in [1.807, 2.05) is 6.92 Å². The van der Waals surface area contributed by atoms with Crippen LogP contribution in [-0.2, 0) is 9.53 Å². The fraction of sp³-hybridized carbons (Fsp3) is 0.308. The summed E-state index contributed by atoms with van der Waals surface area (Å²) < 4.78 is 4.77. The summed E-state index contributed by atoms with van der Waals surface area (Å²) in [7, 11) is 0. The molecule has 6 heteroatoms. The SMILES string of the molecule is CCOC(=O)Nc1ccc(N2N=C(C)CC2=O)cc1. The van der Waals surface area contributed by atoms with Crippen LogP contribution in [0, 0.1) is 0 Å². The topological polar surface area (TPSA) is 71.0 Å². The zero-order valence-corrected chi connectivity index (χ0v) is 10.8. The van der Waals surface area contributed by atoms with E-state index < -0.39 is 6.09 Å². The molecule has 1 aliphatic heterocycles. The summed E-state index contributed by atoms with van der Waals surface area (Å²) in [5.41, 5.74) is 2.07. The standard InChI is InChI=1S/C13H15N3O3/c1-3-19-13(18)14-10-4-6-11(7-5-10)16-12(17)8-9(2)15-16/h4-7H,3,8H2,1-2H3,(H,14,18). The van der Waals surface area contributed by atoms with Crippen molar-refractivity contribution >= 4 is 29.1 Å². The number of benzene rings is 1. The second-order valence-electron chi connectivity index (χ2n) is 4.11. The molecule has 0 unspecified atom stereocenters. The molecule has 6 nitrogen and oxygen atoms in total. The van der Waals surface area contributed by atoms with Gasteiger partial charge in [0.15, 0.2) is 0 Å². The molecule has 19 heavy (non-hydrogen) atoms. The summed E-state index contributed by atoms with van der Waals surface area (Å²) in [5, 5.41) is 8.09. The third kappa shape index (κ3) is 3.09. The Hall–Kier alpha value is -2.37. The second-order valence-corrected chi connectivity index (χ2v) is 4.11. The molecule has 1 N–H and O–H groups in total.